The maximum absolute atomic E-state index is 12.4. The molecule has 0 bridgehead atoms. The lowest BCUT2D eigenvalue weighted by Crippen LogP contribution is -2.22. The minimum absolute atomic E-state index is 0.159. The van der Waals surface area contributed by atoms with Crippen molar-refractivity contribution >= 4 is 34.9 Å². The van der Waals surface area contributed by atoms with E-state index in [2.05, 4.69) is 33.7 Å². The highest BCUT2D eigenvalue weighted by atomic mass is 32.2. The van der Waals surface area contributed by atoms with E-state index in [0.29, 0.717) is 11.0 Å². The van der Waals surface area contributed by atoms with Gasteiger partial charge >= 0.3 is 0 Å². The van der Waals surface area contributed by atoms with Gasteiger partial charge in [0.25, 0.3) is 0 Å². The second-order valence-corrected chi connectivity index (χ2v) is 9.97. The fourth-order valence-electron chi connectivity index (χ4n) is 3.55. The number of aryl methyl sites for hydroxylation is 2. The molecule has 0 fully saturated rings. The lowest BCUT2D eigenvalue weighted by Gasteiger charge is -2.19. The monoisotopic (exact) mass is 431 g/mol. The Morgan fingerprint density at radius 1 is 1.45 bits per heavy atom. The second-order valence-electron chi connectivity index (χ2n) is 7.52. The third-order valence-electron chi connectivity index (χ3n) is 5.34. The molecule has 1 N–H and O–H groups in total. The Balaban J connectivity index is 1.46. The maximum atomic E-state index is 12.4. The SMILES string of the molecule is CCC1CCc2sc(-c3nnc(SC(C)C(=O)Nc4cc(C)no4)n3C)cc2C1. The van der Waals surface area contributed by atoms with E-state index in [1.54, 1.807) is 6.07 Å². The largest absolute Gasteiger partial charge is 0.338 e. The number of nitrogens with one attached hydrogen (secondary N) is 1. The van der Waals surface area contributed by atoms with Crippen LogP contribution in [-0.4, -0.2) is 31.1 Å². The Morgan fingerprint density at radius 2 is 2.28 bits per heavy atom. The molecule has 29 heavy (non-hydrogen) atoms. The van der Waals surface area contributed by atoms with Crippen LogP contribution in [0.4, 0.5) is 5.88 Å². The molecule has 0 saturated heterocycles. The third kappa shape index (κ3) is 4.25. The molecule has 7 nitrogen and oxygen atoms in total. The molecule has 0 spiro atoms. The van der Waals surface area contributed by atoms with Crippen LogP contribution in [0.25, 0.3) is 10.7 Å². The molecule has 154 valence electrons. The lowest BCUT2D eigenvalue weighted by molar-refractivity contribution is -0.115. The lowest BCUT2D eigenvalue weighted by atomic mass is 9.87. The predicted octanol–water partition coefficient (Wildman–Crippen LogP) is 4.47. The summed E-state index contributed by atoms with van der Waals surface area (Å²) in [6.45, 7) is 5.92. The van der Waals surface area contributed by atoms with E-state index in [9.17, 15) is 4.79 Å². The molecule has 9 heteroatoms. The molecule has 4 rings (SSSR count). The van der Waals surface area contributed by atoms with E-state index < -0.39 is 0 Å². The summed E-state index contributed by atoms with van der Waals surface area (Å²) in [5.74, 6) is 1.85. The summed E-state index contributed by atoms with van der Waals surface area (Å²) in [6.07, 6.45) is 4.85. The van der Waals surface area contributed by atoms with Crippen LogP contribution in [0, 0.1) is 12.8 Å². The summed E-state index contributed by atoms with van der Waals surface area (Å²) in [7, 11) is 1.95. The number of thioether (sulfide) groups is 1. The first kappa shape index (κ1) is 20.2. The molecule has 3 aromatic heterocycles. The Labute approximate surface area is 178 Å². The zero-order valence-electron chi connectivity index (χ0n) is 17.1. The summed E-state index contributed by atoms with van der Waals surface area (Å²) >= 11 is 3.21. The van der Waals surface area contributed by atoms with Gasteiger partial charge in [0, 0.05) is 18.0 Å². The zero-order chi connectivity index (χ0) is 20.5. The van der Waals surface area contributed by atoms with Crippen LogP contribution in [0.15, 0.2) is 21.8 Å². The van der Waals surface area contributed by atoms with Gasteiger partial charge in [-0.15, -0.1) is 21.5 Å². The van der Waals surface area contributed by atoms with E-state index in [1.165, 1.54) is 41.5 Å². The number of carbonyl (C=O) groups is 1. The molecule has 0 aliphatic heterocycles. The van der Waals surface area contributed by atoms with Gasteiger partial charge in [0.05, 0.1) is 15.8 Å². The number of carbonyl (C=O) groups excluding carboxylic acids is 1. The van der Waals surface area contributed by atoms with Gasteiger partial charge in [0.1, 0.15) is 0 Å². The van der Waals surface area contributed by atoms with Crippen molar-refractivity contribution in [2.45, 2.75) is 56.9 Å². The van der Waals surface area contributed by atoms with Crippen LogP contribution in [0.5, 0.6) is 0 Å². The van der Waals surface area contributed by atoms with Gasteiger partial charge in [0.15, 0.2) is 11.0 Å². The highest BCUT2D eigenvalue weighted by molar-refractivity contribution is 8.00. The Kier molecular flexibility index (Phi) is 5.78. The van der Waals surface area contributed by atoms with Gasteiger partial charge in [-0.3, -0.25) is 10.1 Å². The topological polar surface area (TPSA) is 85.8 Å². The number of rotatable bonds is 6. The highest BCUT2D eigenvalue weighted by Crippen LogP contribution is 2.38. The number of thiophene rings is 1. The zero-order valence-corrected chi connectivity index (χ0v) is 18.7. The molecule has 0 saturated carbocycles. The smallest absolute Gasteiger partial charge is 0.240 e. The molecule has 2 unspecified atom stereocenters. The molecule has 1 aliphatic rings. The van der Waals surface area contributed by atoms with E-state index in [0.717, 1.165) is 28.7 Å². The first-order valence-corrected chi connectivity index (χ1v) is 11.6. The summed E-state index contributed by atoms with van der Waals surface area (Å²) in [5.41, 5.74) is 2.19. The molecule has 2 atom stereocenters. The maximum Gasteiger partial charge on any atom is 0.240 e. The molecule has 3 aromatic rings. The number of hydrogen-bond donors (Lipinski definition) is 1. The van der Waals surface area contributed by atoms with Crippen molar-refractivity contribution in [3.8, 4) is 10.7 Å². The van der Waals surface area contributed by atoms with Gasteiger partial charge in [-0.25, -0.2) is 0 Å². The average Bonchev–Trinajstić information content (AvgIpc) is 3.40. The normalized spacial score (nSPS) is 17.2. The van der Waals surface area contributed by atoms with Crippen LogP contribution >= 0.6 is 23.1 Å². The van der Waals surface area contributed by atoms with Crippen LogP contribution < -0.4 is 5.32 Å². The number of fused-ring (bicyclic) bond motifs is 1. The Morgan fingerprint density at radius 3 is 3.00 bits per heavy atom. The number of hydrogen-bond acceptors (Lipinski definition) is 7. The van der Waals surface area contributed by atoms with Crippen molar-refractivity contribution in [2.75, 3.05) is 5.32 Å². The highest BCUT2D eigenvalue weighted by Gasteiger charge is 2.24. The quantitative estimate of drug-likeness (QED) is 0.580. The van der Waals surface area contributed by atoms with E-state index in [-0.39, 0.29) is 11.2 Å². The second kappa shape index (κ2) is 8.31. The third-order valence-corrected chi connectivity index (χ3v) is 7.71. The molecule has 3 heterocycles. The first-order chi connectivity index (χ1) is 13.9. The number of aromatic nitrogens is 4. The van der Waals surface area contributed by atoms with E-state index in [4.69, 9.17) is 4.52 Å². The van der Waals surface area contributed by atoms with Crippen molar-refractivity contribution in [3.05, 3.63) is 28.3 Å². The van der Waals surface area contributed by atoms with Crippen LogP contribution in [0.2, 0.25) is 0 Å². The summed E-state index contributed by atoms with van der Waals surface area (Å²) < 4.78 is 7.03. The van der Waals surface area contributed by atoms with Gasteiger partial charge in [-0.05, 0) is 50.7 Å². The fourth-order valence-corrected chi connectivity index (χ4v) is 5.59. The molecule has 0 aromatic carbocycles. The Bertz CT molecular complexity index is 1020. The standard InChI is InChI=1S/C20H25N5O2S2/c1-5-13-6-7-15-14(9-13)10-16(29-15)18-22-23-20(25(18)4)28-12(3)19(26)21-17-8-11(2)24-27-17/h8,10,12-13H,5-7,9H2,1-4H3,(H,21,26). The molecule has 1 aliphatic carbocycles. The van der Waals surface area contributed by atoms with Crippen LogP contribution in [0.3, 0.4) is 0 Å². The molecule has 0 radical (unpaired) electrons. The van der Waals surface area contributed by atoms with Crippen molar-refractivity contribution in [1.82, 2.24) is 19.9 Å². The van der Waals surface area contributed by atoms with E-state index in [1.807, 2.05) is 36.8 Å². The summed E-state index contributed by atoms with van der Waals surface area (Å²) in [4.78, 5) is 15.1. The minimum atomic E-state index is -0.349. The van der Waals surface area contributed by atoms with Gasteiger partial charge < -0.3 is 9.09 Å². The fraction of sp³-hybridized carbons (Fsp3) is 0.500. The number of nitrogens with zero attached hydrogens (tertiary/aromatic N) is 4. The van der Waals surface area contributed by atoms with E-state index >= 15 is 0 Å². The van der Waals surface area contributed by atoms with Crippen molar-refractivity contribution < 1.29 is 9.32 Å². The minimum Gasteiger partial charge on any atom is -0.338 e. The van der Waals surface area contributed by atoms with Gasteiger partial charge in [-0.1, -0.05) is 30.3 Å². The molecular formula is C20H25N5O2S2. The number of amides is 1. The van der Waals surface area contributed by atoms with Crippen molar-refractivity contribution in [1.29, 1.82) is 0 Å². The van der Waals surface area contributed by atoms with Crippen LogP contribution in [-0.2, 0) is 24.7 Å². The Hall–Kier alpha value is -2.13. The molecule has 1 amide bonds. The van der Waals surface area contributed by atoms with Crippen LogP contribution in [0.1, 0.15) is 42.8 Å². The summed E-state index contributed by atoms with van der Waals surface area (Å²) in [5, 5.41) is 15.6. The first-order valence-electron chi connectivity index (χ1n) is 9.86. The summed E-state index contributed by atoms with van der Waals surface area (Å²) in [6, 6.07) is 3.97. The molecular weight excluding hydrogens is 406 g/mol. The van der Waals surface area contributed by atoms with Gasteiger partial charge in [-0.2, -0.15) is 0 Å². The van der Waals surface area contributed by atoms with Crippen molar-refractivity contribution in [3.63, 3.8) is 0 Å². The predicted molar refractivity (Wildman–Crippen MR) is 115 cm³/mol. The average molecular weight is 432 g/mol. The van der Waals surface area contributed by atoms with Crippen molar-refractivity contribution in [2.24, 2.45) is 13.0 Å². The van der Waals surface area contributed by atoms with Gasteiger partial charge in [0.2, 0.25) is 11.8 Å². The number of anilines is 1.